The lowest BCUT2D eigenvalue weighted by atomic mass is 10.0. The van der Waals surface area contributed by atoms with Crippen molar-refractivity contribution in [2.75, 3.05) is 0 Å². The second kappa shape index (κ2) is 6.87. The standard InChI is InChI=1S/C20H21N5O3/c1-11-22-25-20(27-11)12-2-5-16(18(26)8-12)17-6-7-19(24-23-17)28-15-9-13-3-4-14(10-15)21-13/h2,5-8,13-15,21,26H,3-4,9-10H2,1H3/t13-,14?,15-/m0/s1. The number of hydrogen-bond acceptors (Lipinski definition) is 8. The molecule has 3 atom stereocenters. The number of nitrogens with zero attached hydrogens (tertiary/aromatic N) is 4. The van der Waals surface area contributed by atoms with Crippen molar-refractivity contribution in [3.8, 4) is 34.3 Å². The number of benzene rings is 1. The number of piperidine rings is 1. The first-order valence-corrected chi connectivity index (χ1v) is 9.54. The van der Waals surface area contributed by atoms with Crippen molar-refractivity contribution in [3.05, 3.63) is 36.2 Å². The van der Waals surface area contributed by atoms with E-state index in [1.807, 2.05) is 6.07 Å². The Morgan fingerprint density at radius 1 is 1.04 bits per heavy atom. The molecule has 8 heteroatoms. The Bertz CT molecular complexity index is 976. The third kappa shape index (κ3) is 3.31. The van der Waals surface area contributed by atoms with E-state index in [0.717, 1.165) is 12.8 Å². The smallest absolute Gasteiger partial charge is 0.247 e. The van der Waals surface area contributed by atoms with Crippen LogP contribution in [0.5, 0.6) is 11.6 Å². The van der Waals surface area contributed by atoms with Gasteiger partial charge in [0.1, 0.15) is 11.9 Å². The monoisotopic (exact) mass is 379 g/mol. The molecule has 2 N–H and O–H groups in total. The van der Waals surface area contributed by atoms with Gasteiger partial charge in [0.15, 0.2) is 0 Å². The summed E-state index contributed by atoms with van der Waals surface area (Å²) in [5.41, 5.74) is 1.80. The Morgan fingerprint density at radius 3 is 2.50 bits per heavy atom. The van der Waals surface area contributed by atoms with E-state index in [-0.39, 0.29) is 11.9 Å². The van der Waals surface area contributed by atoms with E-state index >= 15 is 0 Å². The molecular weight excluding hydrogens is 358 g/mol. The highest BCUT2D eigenvalue weighted by atomic mass is 16.5. The number of fused-ring (bicyclic) bond motifs is 2. The van der Waals surface area contributed by atoms with Crippen LogP contribution in [0.4, 0.5) is 0 Å². The normalized spacial score (nSPS) is 23.7. The Balaban J connectivity index is 1.31. The van der Waals surface area contributed by atoms with Crippen LogP contribution in [-0.4, -0.2) is 43.7 Å². The molecule has 4 heterocycles. The van der Waals surface area contributed by atoms with Crippen molar-refractivity contribution < 1.29 is 14.3 Å². The van der Waals surface area contributed by atoms with Gasteiger partial charge in [-0.25, -0.2) is 0 Å². The van der Waals surface area contributed by atoms with Crippen molar-refractivity contribution in [3.63, 3.8) is 0 Å². The van der Waals surface area contributed by atoms with E-state index in [1.165, 1.54) is 12.8 Å². The van der Waals surface area contributed by atoms with E-state index in [2.05, 4.69) is 25.7 Å². The number of aryl methyl sites for hydroxylation is 1. The summed E-state index contributed by atoms with van der Waals surface area (Å²) in [5.74, 6) is 1.44. The first-order valence-electron chi connectivity index (χ1n) is 9.54. The molecule has 0 amide bonds. The third-order valence-corrected chi connectivity index (χ3v) is 5.40. The zero-order chi connectivity index (χ0) is 19.1. The minimum atomic E-state index is 0.0752. The predicted octanol–water partition coefficient (Wildman–Crippen LogP) is 2.87. The van der Waals surface area contributed by atoms with E-state index in [0.29, 0.717) is 46.6 Å². The lowest BCUT2D eigenvalue weighted by molar-refractivity contribution is 0.130. The quantitative estimate of drug-likeness (QED) is 0.713. The summed E-state index contributed by atoms with van der Waals surface area (Å²) in [6, 6.07) is 9.89. The number of hydrogen-bond donors (Lipinski definition) is 2. The van der Waals surface area contributed by atoms with Crippen molar-refractivity contribution in [2.24, 2.45) is 0 Å². The Morgan fingerprint density at radius 2 is 1.86 bits per heavy atom. The largest absolute Gasteiger partial charge is 0.507 e. The van der Waals surface area contributed by atoms with Crippen LogP contribution in [0.3, 0.4) is 0 Å². The van der Waals surface area contributed by atoms with Crippen LogP contribution in [0.25, 0.3) is 22.7 Å². The summed E-state index contributed by atoms with van der Waals surface area (Å²) in [4.78, 5) is 0. The van der Waals surface area contributed by atoms with Gasteiger partial charge in [0.2, 0.25) is 17.7 Å². The van der Waals surface area contributed by atoms with Gasteiger partial charge in [-0.2, -0.15) is 0 Å². The van der Waals surface area contributed by atoms with Crippen LogP contribution in [-0.2, 0) is 0 Å². The van der Waals surface area contributed by atoms with Crippen molar-refractivity contribution in [2.45, 2.75) is 50.8 Å². The lowest BCUT2D eigenvalue weighted by Crippen LogP contribution is -2.42. The maximum absolute atomic E-state index is 10.4. The van der Waals surface area contributed by atoms with Crippen LogP contribution < -0.4 is 10.1 Å². The topological polar surface area (TPSA) is 106 Å². The summed E-state index contributed by atoms with van der Waals surface area (Å²) >= 11 is 0. The number of rotatable bonds is 4. The molecular formula is C20H21N5O3. The number of ether oxygens (including phenoxy) is 1. The predicted molar refractivity (Wildman–Crippen MR) is 101 cm³/mol. The molecule has 2 aliphatic rings. The molecule has 1 aromatic carbocycles. The summed E-state index contributed by atoms with van der Waals surface area (Å²) in [7, 11) is 0. The zero-order valence-corrected chi connectivity index (χ0v) is 15.5. The molecule has 28 heavy (non-hydrogen) atoms. The second-order valence-electron chi connectivity index (χ2n) is 7.46. The maximum atomic E-state index is 10.4. The minimum absolute atomic E-state index is 0.0752. The van der Waals surface area contributed by atoms with E-state index in [4.69, 9.17) is 9.15 Å². The van der Waals surface area contributed by atoms with Crippen molar-refractivity contribution in [1.29, 1.82) is 0 Å². The first kappa shape index (κ1) is 17.1. The van der Waals surface area contributed by atoms with Crippen molar-refractivity contribution >= 4 is 0 Å². The van der Waals surface area contributed by atoms with Gasteiger partial charge in [-0.05, 0) is 49.9 Å². The molecule has 144 valence electrons. The first-order chi connectivity index (χ1) is 13.6. The molecule has 2 aliphatic heterocycles. The van der Waals surface area contributed by atoms with Gasteiger partial charge in [0, 0.05) is 36.2 Å². The Kier molecular flexibility index (Phi) is 4.20. The van der Waals surface area contributed by atoms with Gasteiger partial charge in [0.25, 0.3) is 0 Å². The van der Waals surface area contributed by atoms with Gasteiger partial charge in [-0.15, -0.1) is 20.4 Å². The SMILES string of the molecule is Cc1nnc(-c2ccc(-c3ccc(O[C@@H]4CC5CC[C@@H](C4)N5)nn3)c(O)c2)o1. The maximum Gasteiger partial charge on any atom is 0.247 e. The number of aromatic nitrogens is 4. The number of phenols is 1. The van der Waals surface area contributed by atoms with Crippen LogP contribution >= 0.6 is 0 Å². The van der Waals surface area contributed by atoms with Gasteiger partial charge in [-0.1, -0.05) is 0 Å². The van der Waals surface area contributed by atoms with Gasteiger partial charge in [0.05, 0.1) is 5.69 Å². The van der Waals surface area contributed by atoms with Gasteiger partial charge in [-0.3, -0.25) is 0 Å². The van der Waals surface area contributed by atoms with Crippen LogP contribution in [0, 0.1) is 6.92 Å². The average molecular weight is 379 g/mol. The highest BCUT2D eigenvalue weighted by molar-refractivity contribution is 5.71. The number of nitrogens with one attached hydrogen (secondary N) is 1. The molecule has 0 saturated carbocycles. The molecule has 3 aromatic rings. The summed E-state index contributed by atoms with van der Waals surface area (Å²) in [5, 5.41) is 30.2. The molecule has 0 radical (unpaired) electrons. The third-order valence-electron chi connectivity index (χ3n) is 5.40. The lowest BCUT2D eigenvalue weighted by Gasteiger charge is -2.28. The van der Waals surface area contributed by atoms with Crippen molar-refractivity contribution in [1.82, 2.24) is 25.7 Å². The molecule has 8 nitrogen and oxygen atoms in total. The molecule has 0 aliphatic carbocycles. The molecule has 0 spiro atoms. The van der Waals surface area contributed by atoms with Crippen LogP contribution in [0.15, 0.2) is 34.7 Å². The fraction of sp³-hybridized carbons (Fsp3) is 0.400. The highest BCUT2D eigenvalue weighted by Crippen LogP contribution is 2.33. The molecule has 5 rings (SSSR count). The molecule has 2 saturated heterocycles. The highest BCUT2D eigenvalue weighted by Gasteiger charge is 2.34. The van der Waals surface area contributed by atoms with E-state index in [1.54, 1.807) is 31.2 Å². The Hall–Kier alpha value is -3.00. The summed E-state index contributed by atoms with van der Waals surface area (Å²) in [6.07, 6.45) is 4.67. The fourth-order valence-electron chi connectivity index (χ4n) is 4.09. The molecule has 2 bridgehead atoms. The summed E-state index contributed by atoms with van der Waals surface area (Å²) < 4.78 is 11.4. The number of aromatic hydroxyl groups is 1. The second-order valence-corrected chi connectivity index (χ2v) is 7.46. The average Bonchev–Trinajstić information content (AvgIpc) is 3.27. The number of phenolic OH excluding ortho intramolecular Hbond substituents is 1. The zero-order valence-electron chi connectivity index (χ0n) is 15.5. The van der Waals surface area contributed by atoms with Crippen LogP contribution in [0.2, 0.25) is 0 Å². The summed E-state index contributed by atoms with van der Waals surface area (Å²) in [6.45, 7) is 1.72. The van der Waals surface area contributed by atoms with Gasteiger partial charge >= 0.3 is 0 Å². The molecule has 2 aromatic heterocycles. The fourth-order valence-corrected chi connectivity index (χ4v) is 4.09. The van der Waals surface area contributed by atoms with E-state index < -0.39 is 0 Å². The molecule has 1 unspecified atom stereocenters. The van der Waals surface area contributed by atoms with Crippen LogP contribution in [0.1, 0.15) is 31.6 Å². The van der Waals surface area contributed by atoms with E-state index in [9.17, 15) is 5.11 Å². The Labute approximate surface area is 162 Å². The molecule has 2 fully saturated rings. The van der Waals surface area contributed by atoms with Gasteiger partial charge < -0.3 is 19.6 Å². The minimum Gasteiger partial charge on any atom is -0.507 e.